The van der Waals surface area contributed by atoms with E-state index in [0.29, 0.717) is 0 Å². The highest BCUT2D eigenvalue weighted by molar-refractivity contribution is 7.12. The molecular formula is C12H16N2S. The Hall–Kier alpha value is -1.09. The number of hydrogen-bond acceptors (Lipinski definition) is 3. The van der Waals surface area contributed by atoms with Gasteiger partial charge in [0.2, 0.25) is 0 Å². The van der Waals surface area contributed by atoms with Crippen LogP contribution in [-0.2, 0) is 6.42 Å². The van der Waals surface area contributed by atoms with Crippen LogP contribution in [0.5, 0.6) is 0 Å². The maximum Gasteiger partial charge on any atom is 0.106 e. The first kappa shape index (κ1) is 10.4. The van der Waals surface area contributed by atoms with Crippen molar-refractivity contribution in [3.05, 3.63) is 33.7 Å². The Labute approximate surface area is 94.7 Å². The van der Waals surface area contributed by atoms with Crippen molar-refractivity contribution < 1.29 is 0 Å². The summed E-state index contributed by atoms with van der Waals surface area (Å²) in [4.78, 5) is 7.42. The van der Waals surface area contributed by atoms with Crippen LogP contribution in [0.2, 0.25) is 0 Å². The quantitative estimate of drug-likeness (QED) is 0.813. The monoisotopic (exact) mass is 220 g/mol. The van der Waals surface area contributed by atoms with Gasteiger partial charge in [-0.2, -0.15) is 0 Å². The van der Waals surface area contributed by atoms with Gasteiger partial charge in [0.25, 0.3) is 0 Å². The Morgan fingerprint density at radius 1 is 1.47 bits per heavy atom. The molecule has 0 fully saturated rings. The summed E-state index contributed by atoms with van der Waals surface area (Å²) < 4.78 is 0. The number of amidine groups is 1. The van der Waals surface area contributed by atoms with Crippen LogP contribution in [0.25, 0.3) is 0 Å². The SMILES string of the molecule is CCc1cc(C)c(C2C=CNC(C)=N2)s1. The van der Waals surface area contributed by atoms with E-state index in [1.54, 1.807) is 0 Å². The molecule has 0 aromatic carbocycles. The number of nitrogens with one attached hydrogen (secondary N) is 1. The molecule has 1 aliphatic rings. The second-order valence-corrected chi connectivity index (χ2v) is 4.94. The highest BCUT2D eigenvalue weighted by Crippen LogP contribution is 2.32. The minimum Gasteiger partial charge on any atom is -0.351 e. The van der Waals surface area contributed by atoms with E-state index in [-0.39, 0.29) is 6.04 Å². The topological polar surface area (TPSA) is 24.4 Å². The molecule has 80 valence electrons. The highest BCUT2D eigenvalue weighted by atomic mass is 32.1. The van der Waals surface area contributed by atoms with Crippen LogP contribution >= 0.6 is 11.3 Å². The molecule has 15 heavy (non-hydrogen) atoms. The van der Waals surface area contributed by atoms with E-state index >= 15 is 0 Å². The van der Waals surface area contributed by atoms with Crippen molar-refractivity contribution in [3.63, 3.8) is 0 Å². The van der Waals surface area contributed by atoms with Gasteiger partial charge in [0.1, 0.15) is 6.04 Å². The van der Waals surface area contributed by atoms with E-state index in [1.165, 1.54) is 15.3 Å². The standard InChI is InChI=1S/C12H16N2S/c1-4-10-7-8(2)12(15-10)11-5-6-13-9(3)14-11/h5-7,11H,4H2,1-3H3,(H,13,14). The Bertz CT molecular complexity index is 415. The van der Waals surface area contributed by atoms with Gasteiger partial charge in [-0.1, -0.05) is 6.92 Å². The molecule has 0 radical (unpaired) electrons. The molecule has 0 spiro atoms. The molecule has 2 heterocycles. The zero-order valence-electron chi connectivity index (χ0n) is 9.37. The lowest BCUT2D eigenvalue weighted by molar-refractivity contribution is 0.881. The van der Waals surface area contributed by atoms with Crippen LogP contribution in [0.3, 0.4) is 0 Å². The van der Waals surface area contributed by atoms with E-state index < -0.39 is 0 Å². The fourth-order valence-corrected chi connectivity index (χ4v) is 2.86. The molecule has 0 aliphatic carbocycles. The van der Waals surface area contributed by atoms with Crippen molar-refractivity contribution >= 4 is 17.2 Å². The summed E-state index contributed by atoms with van der Waals surface area (Å²) in [6.07, 6.45) is 5.21. The maximum atomic E-state index is 4.59. The third-order valence-electron chi connectivity index (χ3n) is 2.53. The van der Waals surface area contributed by atoms with Crippen LogP contribution in [0.1, 0.15) is 35.2 Å². The molecule has 3 heteroatoms. The molecule has 2 nitrogen and oxygen atoms in total. The number of aryl methyl sites for hydroxylation is 2. The first-order chi connectivity index (χ1) is 7.20. The van der Waals surface area contributed by atoms with Crippen LogP contribution in [0, 0.1) is 6.92 Å². The molecule has 1 aromatic heterocycles. The Kier molecular flexibility index (Phi) is 2.91. The van der Waals surface area contributed by atoms with E-state index in [2.05, 4.69) is 36.3 Å². The van der Waals surface area contributed by atoms with E-state index in [4.69, 9.17) is 0 Å². The Morgan fingerprint density at radius 2 is 2.27 bits per heavy atom. The lowest BCUT2D eigenvalue weighted by Crippen LogP contribution is -2.18. The van der Waals surface area contributed by atoms with Gasteiger partial charge in [0.05, 0.1) is 5.84 Å². The molecule has 1 aromatic rings. The maximum absolute atomic E-state index is 4.59. The number of rotatable bonds is 2. The Morgan fingerprint density at radius 3 is 2.87 bits per heavy atom. The summed E-state index contributed by atoms with van der Waals surface area (Å²) in [5.74, 6) is 0.994. The number of hydrogen-bond donors (Lipinski definition) is 1. The summed E-state index contributed by atoms with van der Waals surface area (Å²) in [6.45, 7) is 6.37. The lowest BCUT2D eigenvalue weighted by atomic mass is 10.1. The van der Waals surface area contributed by atoms with Crippen molar-refractivity contribution in [2.45, 2.75) is 33.2 Å². The van der Waals surface area contributed by atoms with Crippen molar-refractivity contribution in [1.82, 2.24) is 5.32 Å². The van der Waals surface area contributed by atoms with Gasteiger partial charge in [-0.25, -0.2) is 0 Å². The zero-order valence-corrected chi connectivity index (χ0v) is 10.2. The zero-order chi connectivity index (χ0) is 10.8. The van der Waals surface area contributed by atoms with Crippen molar-refractivity contribution in [2.24, 2.45) is 4.99 Å². The predicted octanol–water partition coefficient (Wildman–Crippen LogP) is 3.20. The molecule has 0 saturated carbocycles. The van der Waals surface area contributed by atoms with E-state index in [1.807, 2.05) is 24.5 Å². The van der Waals surface area contributed by atoms with Gasteiger partial charge in [-0.05, 0) is 38.0 Å². The van der Waals surface area contributed by atoms with Gasteiger partial charge in [0.15, 0.2) is 0 Å². The summed E-state index contributed by atoms with van der Waals surface area (Å²) in [5, 5.41) is 3.10. The molecular weight excluding hydrogens is 204 g/mol. The van der Waals surface area contributed by atoms with Gasteiger partial charge in [0, 0.05) is 16.0 Å². The number of thiophene rings is 1. The minimum absolute atomic E-state index is 0.219. The predicted molar refractivity (Wildman–Crippen MR) is 66.6 cm³/mol. The number of aliphatic imine (C=N–C) groups is 1. The normalized spacial score (nSPS) is 19.9. The summed E-state index contributed by atoms with van der Waals surface area (Å²) in [6, 6.07) is 2.50. The smallest absolute Gasteiger partial charge is 0.106 e. The molecule has 1 aliphatic heterocycles. The largest absolute Gasteiger partial charge is 0.351 e. The average molecular weight is 220 g/mol. The third-order valence-corrected chi connectivity index (χ3v) is 3.98. The first-order valence-electron chi connectivity index (χ1n) is 5.27. The van der Waals surface area contributed by atoms with Crippen molar-refractivity contribution in [2.75, 3.05) is 0 Å². The molecule has 0 amide bonds. The van der Waals surface area contributed by atoms with Crippen LogP contribution < -0.4 is 5.32 Å². The molecule has 1 unspecified atom stereocenters. The molecule has 2 rings (SSSR count). The summed E-state index contributed by atoms with van der Waals surface area (Å²) >= 11 is 1.88. The molecule has 0 bridgehead atoms. The van der Waals surface area contributed by atoms with Crippen LogP contribution in [0.15, 0.2) is 23.3 Å². The number of nitrogens with zero attached hydrogens (tertiary/aromatic N) is 1. The average Bonchev–Trinajstić information content (AvgIpc) is 2.60. The van der Waals surface area contributed by atoms with Gasteiger partial charge in [-0.15, -0.1) is 11.3 Å². The molecule has 1 atom stereocenters. The fraction of sp³-hybridized carbons (Fsp3) is 0.417. The van der Waals surface area contributed by atoms with Crippen molar-refractivity contribution in [1.29, 1.82) is 0 Å². The highest BCUT2D eigenvalue weighted by Gasteiger charge is 2.15. The summed E-state index contributed by atoms with van der Waals surface area (Å²) in [7, 11) is 0. The van der Waals surface area contributed by atoms with Crippen molar-refractivity contribution in [3.8, 4) is 0 Å². The van der Waals surface area contributed by atoms with Crippen LogP contribution in [0.4, 0.5) is 0 Å². The molecule has 0 saturated heterocycles. The third kappa shape index (κ3) is 2.12. The second-order valence-electron chi connectivity index (χ2n) is 3.78. The lowest BCUT2D eigenvalue weighted by Gasteiger charge is -2.13. The summed E-state index contributed by atoms with van der Waals surface area (Å²) in [5.41, 5.74) is 1.37. The first-order valence-corrected chi connectivity index (χ1v) is 6.09. The van der Waals surface area contributed by atoms with Gasteiger partial charge >= 0.3 is 0 Å². The van der Waals surface area contributed by atoms with E-state index in [0.717, 1.165) is 12.3 Å². The minimum atomic E-state index is 0.219. The second kappa shape index (κ2) is 4.19. The van der Waals surface area contributed by atoms with Gasteiger partial charge in [-0.3, -0.25) is 4.99 Å². The van der Waals surface area contributed by atoms with E-state index in [9.17, 15) is 0 Å². The van der Waals surface area contributed by atoms with Crippen LogP contribution in [-0.4, -0.2) is 5.84 Å². The molecule has 1 N–H and O–H groups in total. The van der Waals surface area contributed by atoms with Gasteiger partial charge < -0.3 is 5.32 Å². The Balaban J connectivity index is 2.32. The fourth-order valence-electron chi connectivity index (χ4n) is 1.73.